The lowest BCUT2D eigenvalue weighted by Crippen LogP contribution is -2.34. The third-order valence-electron chi connectivity index (χ3n) is 4.47. The van der Waals surface area contributed by atoms with Gasteiger partial charge in [0.2, 0.25) is 0 Å². The summed E-state index contributed by atoms with van der Waals surface area (Å²) in [6.07, 6.45) is 1.62. The number of nitrogens with zero attached hydrogens (tertiary/aromatic N) is 2. The molecule has 0 fully saturated rings. The van der Waals surface area contributed by atoms with Crippen molar-refractivity contribution in [1.29, 1.82) is 0 Å². The molecule has 0 aliphatic carbocycles. The van der Waals surface area contributed by atoms with Gasteiger partial charge in [-0.05, 0) is 37.1 Å². The zero-order chi connectivity index (χ0) is 20.8. The quantitative estimate of drug-likeness (QED) is 0.418. The van der Waals surface area contributed by atoms with E-state index < -0.39 is 5.97 Å². The van der Waals surface area contributed by atoms with E-state index in [1.807, 2.05) is 55.6 Å². The van der Waals surface area contributed by atoms with Crippen LogP contribution in [-0.2, 0) is 9.53 Å². The largest absolute Gasteiger partial charge is 0.452 e. The van der Waals surface area contributed by atoms with Gasteiger partial charge in [0.15, 0.2) is 11.7 Å². The Morgan fingerprint density at radius 3 is 2.59 bits per heavy atom. The number of aromatic nitrogens is 1. The van der Waals surface area contributed by atoms with E-state index in [-0.39, 0.29) is 19.1 Å². The molecule has 0 unspecified atom stereocenters. The van der Waals surface area contributed by atoms with Gasteiger partial charge in [-0.25, -0.2) is 9.78 Å². The second-order valence-electron chi connectivity index (χ2n) is 6.55. The third kappa shape index (κ3) is 4.97. The number of amides is 1. The standard InChI is InChI=1S/C23H22N2O3S/c1-4-12-25(23-24-20(15-29-23)18-8-6-5-7-9-18)21(26)14-28-22(27)19-11-10-16(2)17(3)13-19/h4-11,13,15H,1,12,14H2,2-3H3. The Balaban J connectivity index is 1.69. The summed E-state index contributed by atoms with van der Waals surface area (Å²) in [7, 11) is 0. The minimum absolute atomic E-state index is 0.280. The van der Waals surface area contributed by atoms with E-state index in [0.29, 0.717) is 10.7 Å². The van der Waals surface area contributed by atoms with Gasteiger partial charge < -0.3 is 4.74 Å². The number of ether oxygens (including phenoxy) is 1. The Labute approximate surface area is 174 Å². The fourth-order valence-corrected chi connectivity index (χ4v) is 3.56. The maximum atomic E-state index is 12.7. The predicted octanol–water partition coefficient (Wildman–Crippen LogP) is 4.80. The molecule has 0 radical (unpaired) electrons. The molecular weight excluding hydrogens is 384 g/mol. The van der Waals surface area contributed by atoms with Gasteiger partial charge in [-0.3, -0.25) is 9.69 Å². The summed E-state index contributed by atoms with van der Waals surface area (Å²) in [5.74, 6) is -0.875. The van der Waals surface area contributed by atoms with Crippen molar-refractivity contribution >= 4 is 28.3 Å². The Hall–Kier alpha value is -3.25. The number of benzene rings is 2. The SMILES string of the molecule is C=CCN(C(=O)COC(=O)c1ccc(C)c(C)c1)c1nc(-c2ccccc2)cs1. The molecule has 0 aliphatic heterocycles. The van der Waals surface area contributed by atoms with Crippen molar-refractivity contribution in [2.24, 2.45) is 0 Å². The molecule has 0 aliphatic rings. The van der Waals surface area contributed by atoms with Crippen LogP contribution >= 0.6 is 11.3 Å². The lowest BCUT2D eigenvalue weighted by Gasteiger charge is -2.18. The normalized spacial score (nSPS) is 10.4. The molecule has 0 bridgehead atoms. The molecule has 148 valence electrons. The van der Waals surface area contributed by atoms with Crippen LogP contribution in [0.2, 0.25) is 0 Å². The molecule has 0 spiro atoms. The Morgan fingerprint density at radius 1 is 1.14 bits per heavy atom. The minimum Gasteiger partial charge on any atom is -0.452 e. The molecule has 2 aromatic carbocycles. The number of thiazole rings is 1. The van der Waals surface area contributed by atoms with Crippen molar-refractivity contribution in [3.63, 3.8) is 0 Å². The maximum absolute atomic E-state index is 12.7. The highest BCUT2D eigenvalue weighted by Gasteiger charge is 2.20. The van der Waals surface area contributed by atoms with Crippen LogP contribution in [0.3, 0.4) is 0 Å². The second kappa shape index (κ2) is 9.30. The van der Waals surface area contributed by atoms with Crippen LogP contribution < -0.4 is 4.90 Å². The Kier molecular flexibility index (Phi) is 6.57. The topological polar surface area (TPSA) is 59.5 Å². The van der Waals surface area contributed by atoms with Crippen LogP contribution in [-0.4, -0.2) is 30.0 Å². The first-order valence-corrected chi connectivity index (χ1v) is 10.0. The summed E-state index contributed by atoms with van der Waals surface area (Å²) >= 11 is 1.36. The van der Waals surface area contributed by atoms with Crippen LogP contribution in [0.25, 0.3) is 11.3 Å². The molecule has 0 atom stereocenters. The van der Waals surface area contributed by atoms with Crippen molar-refractivity contribution in [2.75, 3.05) is 18.1 Å². The van der Waals surface area contributed by atoms with E-state index in [1.54, 1.807) is 18.2 Å². The highest BCUT2D eigenvalue weighted by atomic mass is 32.1. The summed E-state index contributed by atoms with van der Waals surface area (Å²) < 4.78 is 5.24. The van der Waals surface area contributed by atoms with Crippen molar-refractivity contribution in [2.45, 2.75) is 13.8 Å². The average Bonchev–Trinajstić information content (AvgIpc) is 3.22. The summed E-state index contributed by atoms with van der Waals surface area (Å²) in [5.41, 5.74) is 4.28. The van der Waals surface area contributed by atoms with Gasteiger partial charge in [-0.15, -0.1) is 17.9 Å². The van der Waals surface area contributed by atoms with Crippen molar-refractivity contribution in [1.82, 2.24) is 4.98 Å². The molecule has 1 amide bonds. The average molecular weight is 407 g/mol. The molecule has 0 N–H and O–H groups in total. The first-order valence-electron chi connectivity index (χ1n) is 9.16. The van der Waals surface area contributed by atoms with Crippen molar-refractivity contribution in [3.05, 3.63) is 83.3 Å². The van der Waals surface area contributed by atoms with E-state index in [4.69, 9.17) is 4.74 Å². The van der Waals surface area contributed by atoms with Gasteiger partial charge in [0.25, 0.3) is 5.91 Å². The number of esters is 1. The molecule has 3 aromatic rings. The number of rotatable bonds is 7. The summed E-state index contributed by atoms with van der Waals surface area (Å²) in [5, 5.41) is 2.44. The molecule has 0 saturated carbocycles. The van der Waals surface area contributed by atoms with Gasteiger partial charge in [-0.2, -0.15) is 0 Å². The zero-order valence-corrected chi connectivity index (χ0v) is 17.2. The van der Waals surface area contributed by atoms with E-state index >= 15 is 0 Å². The fourth-order valence-electron chi connectivity index (χ4n) is 2.70. The lowest BCUT2D eigenvalue weighted by molar-refractivity contribution is -0.121. The van der Waals surface area contributed by atoms with Gasteiger partial charge in [0.1, 0.15) is 0 Å². The van der Waals surface area contributed by atoms with E-state index in [0.717, 1.165) is 22.4 Å². The van der Waals surface area contributed by atoms with Crippen LogP contribution in [0.1, 0.15) is 21.5 Å². The summed E-state index contributed by atoms with van der Waals surface area (Å²) in [6, 6.07) is 15.1. The number of carbonyl (C=O) groups excluding carboxylic acids is 2. The number of hydrogen-bond donors (Lipinski definition) is 0. The van der Waals surface area contributed by atoms with E-state index in [1.165, 1.54) is 16.2 Å². The number of anilines is 1. The van der Waals surface area contributed by atoms with Gasteiger partial charge in [0.05, 0.1) is 11.3 Å². The molecule has 1 aromatic heterocycles. The first kappa shape index (κ1) is 20.5. The number of carbonyl (C=O) groups is 2. The molecular formula is C23H22N2O3S. The van der Waals surface area contributed by atoms with Crippen LogP contribution in [0, 0.1) is 13.8 Å². The lowest BCUT2D eigenvalue weighted by atomic mass is 10.1. The molecule has 29 heavy (non-hydrogen) atoms. The van der Waals surface area contributed by atoms with E-state index in [2.05, 4.69) is 11.6 Å². The Morgan fingerprint density at radius 2 is 1.90 bits per heavy atom. The molecule has 1 heterocycles. The maximum Gasteiger partial charge on any atom is 0.338 e. The third-order valence-corrected chi connectivity index (χ3v) is 5.34. The van der Waals surface area contributed by atoms with Gasteiger partial charge in [-0.1, -0.05) is 42.5 Å². The molecule has 3 rings (SSSR count). The number of aryl methyl sites for hydroxylation is 2. The Bertz CT molecular complexity index is 1030. The highest BCUT2D eigenvalue weighted by Crippen LogP contribution is 2.27. The zero-order valence-electron chi connectivity index (χ0n) is 16.4. The first-order chi connectivity index (χ1) is 14.0. The van der Waals surface area contributed by atoms with Gasteiger partial charge in [0, 0.05) is 17.5 Å². The van der Waals surface area contributed by atoms with Crippen LogP contribution in [0.15, 0.2) is 66.6 Å². The van der Waals surface area contributed by atoms with Gasteiger partial charge >= 0.3 is 5.97 Å². The summed E-state index contributed by atoms with van der Waals surface area (Å²) in [6.45, 7) is 7.53. The predicted molar refractivity (Wildman–Crippen MR) is 116 cm³/mol. The molecule has 6 heteroatoms. The van der Waals surface area contributed by atoms with Crippen molar-refractivity contribution < 1.29 is 14.3 Å². The smallest absolute Gasteiger partial charge is 0.338 e. The van der Waals surface area contributed by atoms with Crippen LogP contribution in [0.5, 0.6) is 0 Å². The van der Waals surface area contributed by atoms with Crippen molar-refractivity contribution in [3.8, 4) is 11.3 Å². The monoisotopic (exact) mass is 406 g/mol. The summed E-state index contributed by atoms with van der Waals surface area (Å²) in [4.78, 5) is 31.0. The molecule has 0 saturated heterocycles. The highest BCUT2D eigenvalue weighted by molar-refractivity contribution is 7.14. The number of hydrogen-bond acceptors (Lipinski definition) is 5. The second-order valence-corrected chi connectivity index (χ2v) is 7.39. The molecule has 5 nitrogen and oxygen atoms in total. The van der Waals surface area contributed by atoms with Crippen LogP contribution in [0.4, 0.5) is 5.13 Å². The minimum atomic E-state index is -0.524. The fraction of sp³-hybridized carbons (Fsp3) is 0.174. The van der Waals surface area contributed by atoms with E-state index in [9.17, 15) is 9.59 Å².